The van der Waals surface area contributed by atoms with Crippen molar-refractivity contribution in [2.75, 3.05) is 13.1 Å². The average molecular weight is 204 g/mol. The Bertz CT molecular complexity index is 316. The minimum absolute atomic E-state index is 0.216. The Balaban J connectivity index is 2.12. The minimum atomic E-state index is 0.216. The Morgan fingerprint density at radius 3 is 2.60 bits per heavy atom. The van der Waals surface area contributed by atoms with Crippen LogP contribution in [0.1, 0.15) is 30.0 Å². The third kappa shape index (κ3) is 2.39. The van der Waals surface area contributed by atoms with Crippen LogP contribution in [0.15, 0.2) is 24.3 Å². The summed E-state index contributed by atoms with van der Waals surface area (Å²) in [5, 5.41) is 3.38. The summed E-state index contributed by atoms with van der Waals surface area (Å²) in [7, 11) is 0. The smallest absolute Gasteiger partial charge is 0.0327 e. The molecule has 2 nitrogen and oxygen atoms in total. The molecule has 0 aliphatic carbocycles. The van der Waals surface area contributed by atoms with Crippen LogP contribution in [0.5, 0.6) is 0 Å². The molecule has 0 radical (unpaired) electrons. The van der Waals surface area contributed by atoms with E-state index in [1.165, 1.54) is 24.0 Å². The maximum absolute atomic E-state index is 6.34. The van der Waals surface area contributed by atoms with Gasteiger partial charge in [0.25, 0.3) is 0 Å². The number of hydrogen-bond donors (Lipinski definition) is 2. The first-order chi connectivity index (χ1) is 7.29. The van der Waals surface area contributed by atoms with E-state index in [4.69, 9.17) is 5.73 Å². The van der Waals surface area contributed by atoms with Crippen LogP contribution in [0.2, 0.25) is 0 Å². The summed E-state index contributed by atoms with van der Waals surface area (Å²) in [5.74, 6) is 0.646. The van der Waals surface area contributed by atoms with Crippen LogP contribution in [0.4, 0.5) is 0 Å². The molecule has 0 unspecified atom stereocenters. The van der Waals surface area contributed by atoms with E-state index in [9.17, 15) is 0 Å². The Morgan fingerprint density at radius 1 is 1.27 bits per heavy atom. The lowest BCUT2D eigenvalue weighted by atomic mass is 9.85. The van der Waals surface area contributed by atoms with Gasteiger partial charge >= 0.3 is 0 Å². The van der Waals surface area contributed by atoms with Crippen LogP contribution < -0.4 is 11.1 Å². The van der Waals surface area contributed by atoms with Gasteiger partial charge in [-0.1, -0.05) is 24.3 Å². The molecule has 1 aromatic rings. The number of hydrogen-bond acceptors (Lipinski definition) is 2. The standard InChI is InChI=1S/C13H20N2/c1-10-4-2-3-5-12(10)13(14)11-6-8-15-9-7-11/h2-5,11,13,15H,6-9,14H2,1H3/t13-/m1/s1. The van der Waals surface area contributed by atoms with Crippen LogP contribution in [0.3, 0.4) is 0 Å². The zero-order valence-electron chi connectivity index (χ0n) is 9.37. The fraction of sp³-hybridized carbons (Fsp3) is 0.538. The molecular formula is C13H20N2. The van der Waals surface area contributed by atoms with Crippen molar-refractivity contribution in [1.29, 1.82) is 0 Å². The monoisotopic (exact) mass is 204 g/mol. The highest BCUT2D eigenvalue weighted by Crippen LogP contribution is 2.28. The third-order valence-corrected chi connectivity index (χ3v) is 3.44. The fourth-order valence-electron chi connectivity index (χ4n) is 2.42. The molecule has 1 saturated heterocycles. The summed E-state index contributed by atoms with van der Waals surface area (Å²) in [5.41, 5.74) is 8.99. The fourth-order valence-corrected chi connectivity index (χ4v) is 2.42. The molecule has 15 heavy (non-hydrogen) atoms. The molecule has 3 N–H and O–H groups in total. The number of piperidine rings is 1. The first-order valence-electron chi connectivity index (χ1n) is 5.81. The average Bonchev–Trinajstić information content (AvgIpc) is 2.30. The molecule has 1 aromatic carbocycles. The van der Waals surface area contributed by atoms with Gasteiger partial charge in [-0.25, -0.2) is 0 Å². The lowest BCUT2D eigenvalue weighted by Crippen LogP contribution is -2.34. The van der Waals surface area contributed by atoms with E-state index in [0.717, 1.165) is 13.1 Å². The Hall–Kier alpha value is -0.860. The van der Waals surface area contributed by atoms with E-state index >= 15 is 0 Å². The first-order valence-corrected chi connectivity index (χ1v) is 5.81. The third-order valence-electron chi connectivity index (χ3n) is 3.44. The van der Waals surface area contributed by atoms with Crippen LogP contribution >= 0.6 is 0 Å². The van der Waals surface area contributed by atoms with Crippen LogP contribution in [-0.2, 0) is 0 Å². The lowest BCUT2D eigenvalue weighted by molar-refractivity contribution is 0.321. The predicted octanol–water partition coefficient (Wildman–Crippen LogP) is 1.99. The van der Waals surface area contributed by atoms with Crippen LogP contribution in [-0.4, -0.2) is 13.1 Å². The number of nitrogens with one attached hydrogen (secondary N) is 1. The van der Waals surface area contributed by atoms with Gasteiger partial charge in [0.15, 0.2) is 0 Å². The zero-order valence-corrected chi connectivity index (χ0v) is 9.37. The van der Waals surface area contributed by atoms with Gasteiger partial charge in [0.1, 0.15) is 0 Å². The molecule has 1 fully saturated rings. The normalized spacial score (nSPS) is 20.1. The minimum Gasteiger partial charge on any atom is -0.324 e. The zero-order chi connectivity index (χ0) is 10.7. The summed E-state index contributed by atoms with van der Waals surface area (Å²) in [6.45, 7) is 4.38. The van der Waals surface area contributed by atoms with Gasteiger partial charge in [0.05, 0.1) is 0 Å². The van der Waals surface area contributed by atoms with E-state index in [-0.39, 0.29) is 6.04 Å². The molecule has 82 valence electrons. The maximum atomic E-state index is 6.34. The Morgan fingerprint density at radius 2 is 1.93 bits per heavy atom. The van der Waals surface area contributed by atoms with E-state index in [1.807, 2.05) is 0 Å². The van der Waals surface area contributed by atoms with Crippen molar-refractivity contribution in [1.82, 2.24) is 5.32 Å². The van der Waals surface area contributed by atoms with E-state index in [0.29, 0.717) is 5.92 Å². The number of benzene rings is 1. The van der Waals surface area contributed by atoms with Crippen molar-refractivity contribution >= 4 is 0 Å². The molecule has 1 atom stereocenters. The molecule has 1 heterocycles. The van der Waals surface area contributed by atoms with E-state index < -0.39 is 0 Å². The molecule has 1 aliphatic rings. The highest BCUT2D eigenvalue weighted by molar-refractivity contribution is 5.29. The van der Waals surface area contributed by atoms with Crippen molar-refractivity contribution in [2.45, 2.75) is 25.8 Å². The Kier molecular flexibility index (Phi) is 3.39. The van der Waals surface area contributed by atoms with Gasteiger partial charge in [0, 0.05) is 6.04 Å². The predicted molar refractivity (Wildman–Crippen MR) is 63.7 cm³/mol. The van der Waals surface area contributed by atoms with Crippen molar-refractivity contribution in [2.24, 2.45) is 11.7 Å². The highest BCUT2D eigenvalue weighted by atomic mass is 14.9. The van der Waals surface area contributed by atoms with Gasteiger partial charge in [-0.05, 0) is 49.9 Å². The molecule has 0 spiro atoms. The van der Waals surface area contributed by atoms with Gasteiger partial charge in [-0.2, -0.15) is 0 Å². The summed E-state index contributed by atoms with van der Waals surface area (Å²) in [6, 6.07) is 8.70. The van der Waals surface area contributed by atoms with E-state index in [2.05, 4.69) is 36.5 Å². The second-order valence-electron chi connectivity index (χ2n) is 4.47. The molecule has 0 aromatic heterocycles. The molecule has 1 aliphatic heterocycles. The molecule has 0 saturated carbocycles. The van der Waals surface area contributed by atoms with E-state index in [1.54, 1.807) is 0 Å². The van der Waals surface area contributed by atoms with Gasteiger partial charge < -0.3 is 11.1 Å². The second kappa shape index (κ2) is 4.77. The molecule has 0 amide bonds. The lowest BCUT2D eigenvalue weighted by Gasteiger charge is -2.29. The topological polar surface area (TPSA) is 38.0 Å². The SMILES string of the molecule is Cc1ccccc1[C@H](N)C1CCNCC1. The quantitative estimate of drug-likeness (QED) is 0.773. The molecular weight excluding hydrogens is 184 g/mol. The van der Waals surface area contributed by atoms with Crippen molar-refractivity contribution in [3.8, 4) is 0 Å². The largest absolute Gasteiger partial charge is 0.324 e. The molecule has 2 heteroatoms. The molecule has 2 rings (SSSR count). The molecule has 0 bridgehead atoms. The summed E-state index contributed by atoms with van der Waals surface area (Å²) < 4.78 is 0. The number of rotatable bonds is 2. The van der Waals surface area contributed by atoms with Crippen LogP contribution in [0.25, 0.3) is 0 Å². The number of nitrogens with two attached hydrogens (primary N) is 1. The van der Waals surface area contributed by atoms with Gasteiger partial charge in [0.2, 0.25) is 0 Å². The van der Waals surface area contributed by atoms with Crippen molar-refractivity contribution in [3.63, 3.8) is 0 Å². The van der Waals surface area contributed by atoms with Crippen molar-refractivity contribution < 1.29 is 0 Å². The van der Waals surface area contributed by atoms with Crippen LogP contribution in [0, 0.1) is 12.8 Å². The maximum Gasteiger partial charge on any atom is 0.0327 e. The summed E-state index contributed by atoms with van der Waals surface area (Å²) >= 11 is 0. The van der Waals surface area contributed by atoms with Gasteiger partial charge in [-0.15, -0.1) is 0 Å². The first kappa shape index (κ1) is 10.7. The van der Waals surface area contributed by atoms with Crippen molar-refractivity contribution in [3.05, 3.63) is 35.4 Å². The second-order valence-corrected chi connectivity index (χ2v) is 4.47. The van der Waals surface area contributed by atoms with Gasteiger partial charge in [-0.3, -0.25) is 0 Å². The number of aryl methyl sites for hydroxylation is 1. The summed E-state index contributed by atoms with van der Waals surface area (Å²) in [4.78, 5) is 0. The Labute approximate surface area is 91.9 Å². The summed E-state index contributed by atoms with van der Waals surface area (Å²) in [6.07, 6.45) is 2.41. The highest BCUT2D eigenvalue weighted by Gasteiger charge is 2.22.